The van der Waals surface area contributed by atoms with Crippen molar-refractivity contribution in [2.24, 2.45) is 5.73 Å². The van der Waals surface area contributed by atoms with E-state index in [4.69, 9.17) is 10.2 Å². The molecule has 2 rings (SSSR count). The lowest BCUT2D eigenvalue weighted by molar-refractivity contribution is 0.380. The molecule has 1 heterocycles. The molecule has 19 heavy (non-hydrogen) atoms. The lowest BCUT2D eigenvalue weighted by atomic mass is 10.2. The Bertz CT molecular complexity index is 677. The third-order valence-corrected chi connectivity index (χ3v) is 3.93. The van der Waals surface area contributed by atoms with Crippen LogP contribution in [0.4, 0.5) is 0 Å². The van der Waals surface area contributed by atoms with E-state index in [0.717, 1.165) is 5.56 Å². The zero-order chi connectivity index (χ0) is 14.0. The van der Waals surface area contributed by atoms with E-state index in [2.05, 4.69) is 10.2 Å². The number of rotatable bonds is 4. The molecular formula is C12H15N3O3S. The first-order chi connectivity index (χ1) is 8.88. The second-order valence-electron chi connectivity index (χ2n) is 4.44. The Morgan fingerprint density at radius 2 is 2.11 bits per heavy atom. The van der Waals surface area contributed by atoms with Gasteiger partial charge in [0.25, 0.3) is 0 Å². The molecule has 0 saturated carbocycles. The maximum absolute atomic E-state index is 12.1. The first-order valence-electron chi connectivity index (χ1n) is 5.76. The highest BCUT2D eigenvalue weighted by molar-refractivity contribution is 7.90. The second-order valence-corrected chi connectivity index (χ2v) is 6.31. The van der Waals surface area contributed by atoms with E-state index in [-0.39, 0.29) is 16.9 Å². The molecule has 1 atom stereocenters. The van der Waals surface area contributed by atoms with Crippen molar-refractivity contribution in [1.29, 1.82) is 0 Å². The molecule has 0 fully saturated rings. The van der Waals surface area contributed by atoms with Gasteiger partial charge in [0.2, 0.25) is 15.7 Å². The Morgan fingerprint density at radius 1 is 1.37 bits per heavy atom. The number of benzene rings is 1. The molecule has 2 N–H and O–H groups in total. The van der Waals surface area contributed by atoms with Crippen LogP contribution in [-0.4, -0.2) is 18.6 Å². The molecule has 0 amide bonds. The van der Waals surface area contributed by atoms with Gasteiger partial charge in [-0.25, -0.2) is 8.42 Å². The minimum absolute atomic E-state index is 0.114. The van der Waals surface area contributed by atoms with Crippen LogP contribution in [0.3, 0.4) is 0 Å². The van der Waals surface area contributed by atoms with Crippen molar-refractivity contribution < 1.29 is 12.8 Å². The standard InChI is InChI=1S/C12H15N3O3S/c1-8-4-3-5-10(6-8)7-19(16,17)12-15-14-11(18-12)9(2)13/h3-6,9H,7,13H2,1-2H3. The van der Waals surface area contributed by atoms with Crippen LogP contribution >= 0.6 is 0 Å². The zero-order valence-corrected chi connectivity index (χ0v) is 11.5. The van der Waals surface area contributed by atoms with Crippen molar-refractivity contribution >= 4 is 9.84 Å². The number of aryl methyl sites for hydroxylation is 1. The molecule has 7 heteroatoms. The number of hydrogen-bond donors (Lipinski definition) is 1. The van der Waals surface area contributed by atoms with Crippen LogP contribution in [0.2, 0.25) is 0 Å². The summed E-state index contributed by atoms with van der Waals surface area (Å²) in [5.41, 5.74) is 7.23. The van der Waals surface area contributed by atoms with Crippen molar-refractivity contribution in [3.63, 3.8) is 0 Å². The van der Waals surface area contributed by atoms with Crippen molar-refractivity contribution in [3.8, 4) is 0 Å². The average Bonchev–Trinajstić information content (AvgIpc) is 2.78. The van der Waals surface area contributed by atoms with Gasteiger partial charge in [-0.3, -0.25) is 0 Å². The van der Waals surface area contributed by atoms with E-state index < -0.39 is 15.9 Å². The van der Waals surface area contributed by atoms with E-state index >= 15 is 0 Å². The first-order valence-corrected chi connectivity index (χ1v) is 7.41. The van der Waals surface area contributed by atoms with Crippen LogP contribution in [0.25, 0.3) is 0 Å². The fraction of sp³-hybridized carbons (Fsp3) is 0.333. The van der Waals surface area contributed by atoms with Gasteiger partial charge in [-0.15, -0.1) is 5.10 Å². The predicted octanol–water partition coefficient (Wildman–Crippen LogP) is 1.37. The molecule has 0 aliphatic rings. The zero-order valence-electron chi connectivity index (χ0n) is 10.7. The van der Waals surface area contributed by atoms with E-state index in [1.165, 1.54) is 0 Å². The van der Waals surface area contributed by atoms with Crippen molar-refractivity contribution in [3.05, 3.63) is 41.3 Å². The summed E-state index contributed by atoms with van der Waals surface area (Å²) in [5, 5.41) is 6.78. The van der Waals surface area contributed by atoms with Crippen molar-refractivity contribution in [1.82, 2.24) is 10.2 Å². The number of sulfone groups is 1. The third-order valence-electron chi connectivity index (χ3n) is 2.52. The quantitative estimate of drug-likeness (QED) is 0.908. The van der Waals surface area contributed by atoms with E-state index in [0.29, 0.717) is 5.56 Å². The average molecular weight is 281 g/mol. The van der Waals surface area contributed by atoms with Gasteiger partial charge in [-0.1, -0.05) is 34.9 Å². The second kappa shape index (κ2) is 5.10. The first kappa shape index (κ1) is 13.7. The highest BCUT2D eigenvalue weighted by atomic mass is 32.2. The van der Waals surface area contributed by atoms with E-state index in [9.17, 15) is 8.42 Å². The Labute approximate surface area is 111 Å². The molecule has 0 aliphatic heterocycles. The summed E-state index contributed by atoms with van der Waals surface area (Å²) in [6.07, 6.45) is 0. The monoisotopic (exact) mass is 281 g/mol. The number of nitrogens with two attached hydrogens (primary N) is 1. The summed E-state index contributed by atoms with van der Waals surface area (Å²) < 4.78 is 29.3. The molecule has 102 valence electrons. The highest BCUT2D eigenvalue weighted by Gasteiger charge is 2.23. The van der Waals surface area contributed by atoms with E-state index in [1.54, 1.807) is 25.1 Å². The van der Waals surface area contributed by atoms with Gasteiger partial charge >= 0.3 is 5.22 Å². The molecule has 1 aromatic heterocycles. The number of aromatic nitrogens is 2. The maximum Gasteiger partial charge on any atom is 0.335 e. The third kappa shape index (κ3) is 3.18. The highest BCUT2D eigenvalue weighted by Crippen LogP contribution is 2.17. The molecule has 0 radical (unpaired) electrons. The van der Waals surface area contributed by atoms with Gasteiger partial charge in [-0.2, -0.15) is 0 Å². The van der Waals surface area contributed by atoms with Crippen LogP contribution in [-0.2, 0) is 15.6 Å². The van der Waals surface area contributed by atoms with Gasteiger partial charge in [-0.05, 0) is 19.4 Å². The molecule has 1 unspecified atom stereocenters. The Morgan fingerprint density at radius 3 is 2.68 bits per heavy atom. The van der Waals surface area contributed by atoms with Gasteiger partial charge in [0.15, 0.2) is 0 Å². The summed E-state index contributed by atoms with van der Waals surface area (Å²) in [4.78, 5) is 0. The lowest BCUT2D eigenvalue weighted by Crippen LogP contribution is -2.06. The molecular weight excluding hydrogens is 266 g/mol. The number of nitrogens with zero attached hydrogens (tertiary/aromatic N) is 2. The Hall–Kier alpha value is -1.73. The van der Waals surface area contributed by atoms with Crippen molar-refractivity contribution in [2.75, 3.05) is 0 Å². The Balaban J connectivity index is 2.27. The summed E-state index contributed by atoms with van der Waals surface area (Å²) in [5.74, 6) is -0.0576. The van der Waals surface area contributed by atoms with Crippen LogP contribution < -0.4 is 5.73 Å². The van der Waals surface area contributed by atoms with Gasteiger partial charge in [0.1, 0.15) is 0 Å². The summed E-state index contributed by atoms with van der Waals surface area (Å²) in [6, 6.07) is 6.77. The Kier molecular flexibility index (Phi) is 3.68. The lowest BCUT2D eigenvalue weighted by Gasteiger charge is -2.01. The van der Waals surface area contributed by atoms with Crippen LogP contribution in [0.1, 0.15) is 30.0 Å². The molecule has 2 aromatic rings. The molecule has 0 saturated heterocycles. The van der Waals surface area contributed by atoms with Gasteiger partial charge in [0.05, 0.1) is 11.8 Å². The van der Waals surface area contributed by atoms with Crippen LogP contribution in [0.5, 0.6) is 0 Å². The summed E-state index contributed by atoms with van der Waals surface area (Å²) in [7, 11) is -3.64. The summed E-state index contributed by atoms with van der Waals surface area (Å²) in [6.45, 7) is 3.54. The van der Waals surface area contributed by atoms with E-state index in [1.807, 2.05) is 13.0 Å². The maximum atomic E-state index is 12.1. The minimum Gasteiger partial charge on any atom is -0.411 e. The van der Waals surface area contributed by atoms with Crippen LogP contribution in [0.15, 0.2) is 33.9 Å². The SMILES string of the molecule is Cc1cccc(CS(=O)(=O)c2nnc(C(C)N)o2)c1. The molecule has 0 bridgehead atoms. The van der Waals surface area contributed by atoms with Crippen molar-refractivity contribution in [2.45, 2.75) is 30.9 Å². The predicted molar refractivity (Wildman–Crippen MR) is 69.0 cm³/mol. The molecule has 6 nitrogen and oxygen atoms in total. The fourth-order valence-electron chi connectivity index (χ4n) is 1.61. The van der Waals surface area contributed by atoms with Gasteiger partial charge < -0.3 is 10.2 Å². The molecule has 0 spiro atoms. The number of hydrogen-bond acceptors (Lipinski definition) is 6. The normalized spacial score (nSPS) is 13.4. The summed E-state index contributed by atoms with van der Waals surface area (Å²) >= 11 is 0. The van der Waals surface area contributed by atoms with Crippen LogP contribution in [0, 0.1) is 6.92 Å². The fourth-order valence-corrected chi connectivity index (χ4v) is 2.73. The topological polar surface area (TPSA) is 99.1 Å². The largest absolute Gasteiger partial charge is 0.411 e. The van der Waals surface area contributed by atoms with Gasteiger partial charge in [0, 0.05) is 0 Å². The minimum atomic E-state index is -3.64. The smallest absolute Gasteiger partial charge is 0.335 e. The molecule has 0 aliphatic carbocycles. The molecule has 1 aromatic carbocycles.